The van der Waals surface area contributed by atoms with Gasteiger partial charge >= 0.3 is 0 Å². The Morgan fingerprint density at radius 1 is 1.15 bits per heavy atom. The van der Waals surface area contributed by atoms with Gasteiger partial charge in [-0.25, -0.2) is 4.98 Å². The molecule has 0 radical (unpaired) electrons. The Morgan fingerprint density at radius 3 is 3.15 bits per heavy atom. The first-order valence-corrected chi connectivity index (χ1v) is 6.49. The number of anilines is 1. The van der Waals surface area contributed by atoms with Crippen molar-refractivity contribution in [1.29, 1.82) is 0 Å². The van der Waals surface area contributed by atoms with Gasteiger partial charge in [0.25, 0.3) is 0 Å². The lowest BCUT2D eigenvalue weighted by Gasteiger charge is -2.06. The number of nitrogens with zero attached hydrogens (tertiary/aromatic N) is 2. The summed E-state index contributed by atoms with van der Waals surface area (Å²) in [5.41, 5.74) is 4.21. The Morgan fingerprint density at radius 2 is 2.15 bits per heavy atom. The molecule has 5 nitrogen and oxygen atoms in total. The van der Waals surface area contributed by atoms with Crippen molar-refractivity contribution in [1.82, 2.24) is 20.2 Å². The predicted octanol–water partition coefficient (Wildman–Crippen LogP) is 3.05. The summed E-state index contributed by atoms with van der Waals surface area (Å²) in [7, 11) is 0. The van der Waals surface area contributed by atoms with E-state index in [2.05, 4.69) is 31.5 Å². The zero-order chi connectivity index (χ0) is 13.4. The van der Waals surface area contributed by atoms with Crippen LogP contribution < -0.4 is 5.32 Å². The number of aromatic amines is 2. The monoisotopic (exact) mass is 263 g/mol. The molecule has 0 unspecified atom stereocenters. The molecule has 3 N–H and O–H groups in total. The van der Waals surface area contributed by atoms with Gasteiger partial charge in [0.2, 0.25) is 0 Å². The molecule has 0 atom stereocenters. The summed E-state index contributed by atoms with van der Waals surface area (Å²) in [6, 6.07) is 10.1. The van der Waals surface area contributed by atoms with Crippen molar-refractivity contribution in [3.63, 3.8) is 0 Å². The van der Waals surface area contributed by atoms with Gasteiger partial charge in [-0.05, 0) is 23.8 Å². The molecule has 0 spiro atoms. The Hall–Kier alpha value is -2.82. The zero-order valence-corrected chi connectivity index (χ0v) is 10.7. The molecule has 0 aliphatic heterocycles. The standard InChI is InChI=1S/C15H13N5/c1-3-10-9-19-20-14(10)13(5-1)17-7-11-8-18-15-12(11)4-2-6-16-15/h1-6,8-9,17H,7H2,(H,16,18)(H,19,20). The average molecular weight is 263 g/mol. The number of benzene rings is 1. The van der Waals surface area contributed by atoms with E-state index in [1.54, 1.807) is 6.20 Å². The average Bonchev–Trinajstić information content (AvgIpc) is 3.12. The minimum absolute atomic E-state index is 0.740. The van der Waals surface area contributed by atoms with Crippen molar-refractivity contribution in [2.45, 2.75) is 6.54 Å². The van der Waals surface area contributed by atoms with Crippen molar-refractivity contribution >= 4 is 27.6 Å². The van der Waals surface area contributed by atoms with Gasteiger partial charge in [0.15, 0.2) is 0 Å². The van der Waals surface area contributed by atoms with Crippen LogP contribution in [0.3, 0.4) is 0 Å². The number of pyridine rings is 1. The normalized spacial score (nSPS) is 11.2. The summed E-state index contributed by atoms with van der Waals surface area (Å²) >= 11 is 0. The molecule has 1 aromatic carbocycles. The minimum atomic E-state index is 0.740. The number of aromatic nitrogens is 4. The van der Waals surface area contributed by atoms with Gasteiger partial charge in [-0.1, -0.05) is 12.1 Å². The van der Waals surface area contributed by atoms with Gasteiger partial charge in [-0.15, -0.1) is 0 Å². The number of hydrogen-bond donors (Lipinski definition) is 3. The van der Waals surface area contributed by atoms with Gasteiger partial charge in [0.1, 0.15) is 5.65 Å². The molecule has 0 bridgehead atoms. The van der Waals surface area contributed by atoms with Crippen molar-refractivity contribution in [2.24, 2.45) is 0 Å². The molecular formula is C15H13N5. The van der Waals surface area contributed by atoms with Crippen LogP contribution in [0.2, 0.25) is 0 Å². The summed E-state index contributed by atoms with van der Waals surface area (Å²) in [6.07, 6.45) is 5.62. The SMILES string of the molecule is c1cc(NCc2c[nH]c3ncccc23)c2[nH]ncc2c1. The van der Waals surface area contributed by atoms with Crippen LogP contribution in [0.15, 0.2) is 48.9 Å². The van der Waals surface area contributed by atoms with Crippen LogP contribution >= 0.6 is 0 Å². The molecular weight excluding hydrogens is 250 g/mol. The van der Waals surface area contributed by atoms with Gasteiger partial charge < -0.3 is 10.3 Å². The molecule has 0 aliphatic rings. The lowest BCUT2D eigenvalue weighted by molar-refractivity contribution is 1.11. The maximum absolute atomic E-state index is 4.30. The van der Waals surface area contributed by atoms with Crippen LogP contribution in [0.25, 0.3) is 21.9 Å². The molecule has 0 amide bonds. The maximum atomic E-state index is 4.30. The third-order valence-electron chi connectivity index (χ3n) is 3.48. The number of H-pyrrole nitrogens is 2. The molecule has 0 aliphatic carbocycles. The van der Waals surface area contributed by atoms with Crippen LogP contribution in [-0.4, -0.2) is 20.2 Å². The molecule has 0 saturated heterocycles. The fourth-order valence-electron chi connectivity index (χ4n) is 2.47. The first-order valence-electron chi connectivity index (χ1n) is 6.49. The number of hydrogen-bond acceptors (Lipinski definition) is 3. The van der Waals surface area contributed by atoms with E-state index in [-0.39, 0.29) is 0 Å². The predicted molar refractivity (Wildman–Crippen MR) is 79.5 cm³/mol. The van der Waals surface area contributed by atoms with E-state index in [1.165, 1.54) is 5.56 Å². The molecule has 4 rings (SSSR count). The van der Waals surface area contributed by atoms with Crippen molar-refractivity contribution in [3.8, 4) is 0 Å². The fourth-order valence-corrected chi connectivity index (χ4v) is 2.47. The number of para-hydroxylation sites is 1. The second-order valence-electron chi connectivity index (χ2n) is 4.71. The van der Waals surface area contributed by atoms with Crippen LogP contribution in [0.1, 0.15) is 5.56 Å². The van der Waals surface area contributed by atoms with E-state index >= 15 is 0 Å². The molecule has 5 heteroatoms. The summed E-state index contributed by atoms with van der Waals surface area (Å²) in [5.74, 6) is 0. The summed E-state index contributed by atoms with van der Waals surface area (Å²) in [4.78, 5) is 7.48. The quantitative estimate of drug-likeness (QED) is 0.532. The summed E-state index contributed by atoms with van der Waals surface area (Å²) in [6.45, 7) is 0.740. The van der Waals surface area contributed by atoms with Crippen LogP contribution in [-0.2, 0) is 6.54 Å². The van der Waals surface area contributed by atoms with E-state index in [4.69, 9.17) is 0 Å². The number of nitrogens with one attached hydrogen (secondary N) is 3. The lowest BCUT2D eigenvalue weighted by atomic mass is 10.2. The molecule has 0 saturated carbocycles. The van der Waals surface area contributed by atoms with E-state index in [0.29, 0.717) is 0 Å². The first-order chi connectivity index (χ1) is 9.92. The van der Waals surface area contributed by atoms with E-state index in [1.807, 2.05) is 36.7 Å². The highest BCUT2D eigenvalue weighted by Gasteiger charge is 2.05. The molecule has 4 aromatic rings. The Bertz CT molecular complexity index is 874. The van der Waals surface area contributed by atoms with Gasteiger partial charge in [-0.2, -0.15) is 5.10 Å². The molecule has 0 fully saturated rings. The zero-order valence-electron chi connectivity index (χ0n) is 10.7. The Labute approximate surface area is 115 Å². The van der Waals surface area contributed by atoms with Gasteiger partial charge in [-0.3, -0.25) is 5.10 Å². The first kappa shape index (κ1) is 11.0. The van der Waals surface area contributed by atoms with Crippen molar-refractivity contribution < 1.29 is 0 Å². The van der Waals surface area contributed by atoms with E-state index < -0.39 is 0 Å². The smallest absolute Gasteiger partial charge is 0.137 e. The molecule has 98 valence electrons. The molecule has 3 aromatic heterocycles. The van der Waals surface area contributed by atoms with Crippen LogP contribution in [0, 0.1) is 0 Å². The maximum Gasteiger partial charge on any atom is 0.137 e. The van der Waals surface area contributed by atoms with Crippen molar-refractivity contribution in [2.75, 3.05) is 5.32 Å². The third kappa shape index (κ3) is 1.72. The fraction of sp³-hybridized carbons (Fsp3) is 0.0667. The second-order valence-corrected chi connectivity index (χ2v) is 4.71. The Kier molecular flexibility index (Phi) is 2.42. The highest BCUT2D eigenvalue weighted by molar-refractivity contribution is 5.90. The molecule has 3 heterocycles. The van der Waals surface area contributed by atoms with Gasteiger partial charge in [0.05, 0.1) is 17.4 Å². The number of rotatable bonds is 3. The molecule has 20 heavy (non-hydrogen) atoms. The van der Waals surface area contributed by atoms with Crippen molar-refractivity contribution in [3.05, 3.63) is 54.5 Å². The van der Waals surface area contributed by atoms with E-state index in [0.717, 1.165) is 34.2 Å². The minimum Gasteiger partial charge on any atom is -0.379 e. The number of fused-ring (bicyclic) bond motifs is 2. The highest BCUT2D eigenvalue weighted by Crippen LogP contribution is 2.22. The lowest BCUT2D eigenvalue weighted by Crippen LogP contribution is -1.99. The summed E-state index contributed by atoms with van der Waals surface area (Å²) < 4.78 is 0. The largest absolute Gasteiger partial charge is 0.379 e. The highest BCUT2D eigenvalue weighted by atomic mass is 15.1. The summed E-state index contributed by atoms with van der Waals surface area (Å²) in [5, 5.41) is 12.8. The Balaban J connectivity index is 1.66. The second kappa shape index (κ2) is 4.38. The van der Waals surface area contributed by atoms with E-state index in [9.17, 15) is 0 Å². The van der Waals surface area contributed by atoms with Crippen LogP contribution in [0.5, 0.6) is 0 Å². The van der Waals surface area contributed by atoms with Crippen LogP contribution in [0.4, 0.5) is 5.69 Å². The topological polar surface area (TPSA) is 69.4 Å². The van der Waals surface area contributed by atoms with Gasteiger partial charge in [0, 0.05) is 29.7 Å². The third-order valence-corrected chi connectivity index (χ3v) is 3.48.